The molecular weight excluding hydrogens is 234 g/mol. The number of aliphatic carboxylic acids is 1. The summed E-state index contributed by atoms with van der Waals surface area (Å²) in [6.07, 6.45) is 1.15. The maximum atomic E-state index is 11.5. The highest BCUT2D eigenvalue weighted by atomic mass is 16.4. The van der Waals surface area contributed by atoms with E-state index in [2.05, 4.69) is 24.1 Å². The Labute approximate surface area is 109 Å². The molecule has 0 fully saturated rings. The van der Waals surface area contributed by atoms with Gasteiger partial charge >= 0.3 is 5.97 Å². The highest BCUT2D eigenvalue weighted by Crippen LogP contribution is 1.98. The summed E-state index contributed by atoms with van der Waals surface area (Å²) in [5, 5.41) is 11.2. The van der Waals surface area contributed by atoms with Crippen LogP contribution in [0.4, 0.5) is 0 Å². The summed E-state index contributed by atoms with van der Waals surface area (Å²) in [4.78, 5) is 24.0. The van der Waals surface area contributed by atoms with E-state index in [0.717, 1.165) is 13.0 Å². The number of hydrogen-bond acceptors (Lipinski definition) is 4. The van der Waals surface area contributed by atoms with E-state index >= 15 is 0 Å². The number of nitrogens with two attached hydrogens (primary N) is 1. The van der Waals surface area contributed by atoms with Gasteiger partial charge in [-0.15, -0.1) is 0 Å². The van der Waals surface area contributed by atoms with Gasteiger partial charge in [-0.25, -0.2) is 0 Å². The average Bonchev–Trinajstić information content (AvgIpc) is 2.34. The molecular formula is C12H25N3O3. The zero-order valence-corrected chi connectivity index (χ0v) is 11.5. The summed E-state index contributed by atoms with van der Waals surface area (Å²) in [6.45, 7) is 5.52. The Morgan fingerprint density at radius 2 is 2.06 bits per heavy atom. The van der Waals surface area contributed by atoms with Gasteiger partial charge in [0.25, 0.3) is 0 Å². The van der Waals surface area contributed by atoms with Gasteiger partial charge in [-0.1, -0.05) is 6.92 Å². The lowest BCUT2D eigenvalue weighted by Gasteiger charge is -2.23. The number of nitrogens with zero attached hydrogens (tertiary/aromatic N) is 1. The van der Waals surface area contributed by atoms with Crippen LogP contribution in [0.15, 0.2) is 0 Å². The molecule has 106 valence electrons. The molecule has 0 rings (SSSR count). The lowest BCUT2D eigenvalue weighted by molar-refractivity contribution is -0.137. The van der Waals surface area contributed by atoms with Crippen LogP contribution >= 0.6 is 0 Å². The van der Waals surface area contributed by atoms with Gasteiger partial charge in [0.1, 0.15) is 0 Å². The minimum atomic E-state index is -0.935. The summed E-state index contributed by atoms with van der Waals surface area (Å²) < 4.78 is 0. The van der Waals surface area contributed by atoms with Crippen molar-refractivity contribution in [2.24, 2.45) is 5.73 Å². The van der Waals surface area contributed by atoms with Crippen molar-refractivity contribution >= 4 is 11.9 Å². The first-order chi connectivity index (χ1) is 8.38. The smallest absolute Gasteiger partial charge is 0.303 e. The average molecular weight is 259 g/mol. The number of carboxylic acid groups (broad SMARTS) is 1. The van der Waals surface area contributed by atoms with E-state index in [0.29, 0.717) is 12.6 Å². The number of likely N-dealkylation sites (N-methyl/N-ethyl adjacent to an activating group) is 1. The van der Waals surface area contributed by atoms with Crippen molar-refractivity contribution in [3.05, 3.63) is 0 Å². The van der Waals surface area contributed by atoms with Crippen LogP contribution in [-0.2, 0) is 9.59 Å². The van der Waals surface area contributed by atoms with Gasteiger partial charge in [0, 0.05) is 25.6 Å². The number of nitrogens with one attached hydrogen (secondary N) is 1. The van der Waals surface area contributed by atoms with Gasteiger partial charge in [-0.3, -0.25) is 9.59 Å². The predicted octanol–water partition coefficient (Wildman–Crippen LogP) is 0.0250. The van der Waals surface area contributed by atoms with Crippen LogP contribution in [0.1, 0.15) is 33.1 Å². The van der Waals surface area contributed by atoms with E-state index in [9.17, 15) is 9.59 Å². The SMILES string of the molecule is CCC(C)N(C)CCNC(=O)C(N)CCC(=O)O. The first-order valence-electron chi connectivity index (χ1n) is 6.33. The molecule has 18 heavy (non-hydrogen) atoms. The molecule has 6 nitrogen and oxygen atoms in total. The number of rotatable bonds is 9. The Hall–Kier alpha value is -1.14. The van der Waals surface area contributed by atoms with Crippen molar-refractivity contribution in [1.29, 1.82) is 0 Å². The minimum absolute atomic E-state index is 0.0820. The van der Waals surface area contributed by atoms with E-state index < -0.39 is 12.0 Å². The molecule has 0 radical (unpaired) electrons. The molecule has 0 aromatic rings. The maximum Gasteiger partial charge on any atom is 0.303 e. The van der Waals surface area contributed by atoms with Gasteiger partial charge in [-0.05, 0) is 26.8 Å². The fourth-order valence-electron chi connectivity index (χ4n) is 1.43. The number of hydrogen-bond donors (Lipinski definition) is 3. The van der Waals surface area contributed by atoms with Gasteiger partial charge in [0.2, 0.25) is 5.91 Å². The molecule has 0 aromatic carbocycles. The predicted molar refractivity (Wildman–Crippen MR) is 70.2 cm³/mol. The van der Waals surface area contributed by atoms with Crippen LogP contribution in [-0.4, -0.2) is 54.1 Å². The summed E-state index contributed by atoms with van der Waals surface area (Å²) in [6, 6.07) is -0.266. The Morgan fingerprint density at radius 3 is 2.56 bits per heavy atom. The molecule has 0 saturated heterocycles. The van der Waals surface area contributed by atoms with Crippen molar-refractivity contribution < 1.29 is 14.7 Å². The Morgan fingerprint density at radius 1 is 1.44 bits per heavy atom. The lowest BCUT2D eigenvalue weighted by Crippen LogP contribution is -2.44. The van der Waals surface area contributed by atoms with Crippen LogP contribution in [0.5, 0.6) is 0 Å². The molecule has 2 atom stereocenters. The molecule has 0 aliphatic carbocycles. The number of carboxylic acids is 1. The standard InChI is InChI=1S/C12H25N3O3/c1-4-9(2)15(3)8-7-14-12(18)10(13)5-6-11(16)17/h9-10H,4-8,13H2,1-3H3,(H,14,18)(H,16,17). The van der Waals surface area contributed by atoms with Crippen LogP contribution in [0.3, 0.4) is 0 Å². The molecule has 0 aromatic heterocycles. The normalized spacial score (nSPS) is 14.3. The third-order valence-corrected chi connectivity index (χ3v) is 3.11. The van der Waals surface area contributed by atoms with Crippen molar-refractivity contribution in [1.82, 2.24) is 10.2 Å². The number of carbonyl (C=O) groups is 2. The van der Waals surface area contributed by atoms with Crippen molar-refractivity contribution in [2.45, 2.75) is 45.2 Å². The molecule has 0 saturated carbocycles. The molecule has 0 aliphatic heterocycles. The first kappa shape index (κ1) is 16.9. The maximum absolute atomic E-state index is 11.5. The molecule has 0 heterocycles. The quantitative estimate of drug-likeness (QED) is 0.543. The number of amides is 1. The topological polar surface area (TPSA) is 95.7 Å². The van der Waals surface area contributed by atoms with E-state index in [1.807, 2.05) is 7.05 Å². The Kier molecular flexibility index (Phi) is 8.32. The highest BCUT2D eigenvalue weighted by molar-refractivity contribution is 5.82. The van der Waals surface area contributed by atoms with Crippen LogP contribution in [0.2, 0.25) is 0 Å². The third-order valence-electron chi connectivity index (χ3n) is 3.11. The molecule has 4 N–H and O–H groups in total. The van der Waals surface area contributed by atoms with E-state index in [1.165, 1.54) is 0 Å². The molecule has 0 aliphatic rings. The third kappa shape index (κ3) is 7.24. The Balaban J connectivity index is 3.79. The second-order valence-corrected chi connectivity index (χ2v) is 4.57. The summed E-state index contributed by atoms with van der Waals surface area (Å²) >= 11 is 0. The molecule has 2 unspecified atom stereocenters. The molecule has 0 bridgehead atoms. The zero-order valence-electron chi connectivity index (χ0n) is 11.5. The molecule has 0 spiro atoms. The van der Waals surface area contributed by atoms with Gasteiger partial charge in [0.05, 0.1) is 6.04 Å². The second-order valence-electron chi connectivity index (χ2n) is 4.57. The van der Waals surface area contributed by atoms with E-state index in [4.69, 9.17) is 10.8 Å². The van der Waals surface area contributed by atoms with Crippen molar-refractivity contribution in [2.75, 3.05) is 20.1 Å². The summed E-state index contributed by atoms with van der Waals surface area (Å²) in [5.74, 6) is -1.22. The number of carbonyl (C=O) groups excluding carboxylic acids is 1. The van der Waals surface area contributed by atoms with Crippen molar-refractivity contribution in [3.63, 3.8) is 0 Å². The highest BCUT2D eigenvalue weighted by Gasteiger charge is 2.14. The fraction of sp³-hybridized carbons (Fsp3) is 0.833. The lowest BCUT2D eigenvalue weighted by atomic mass is 10.1. The fourth-order valence-corrected chi connectivity index (χ4v) is 1.43. The largest absolute Gasteiger partial charge is 0.481 e. The first-order valence-corrected chi connectivity index (χ1v) is 6.33. The van der Waals surface area contributed by atoms with Crippen LogP contribution < -0.4 is 11.1 Å². The van der Waals surface area contributed by atoms with Crippen LogP contribution in [0, 0.1) is 0 Å². The van der Waals surface area contributed by atoms with Gasteiger partial charge in [0.15, 0.2) is 0 Å². The van der Waals surface area contributed by atoms with Crippen LogP contribution in [0.25, 0.3) is 0 Å². The molecule has 1 amide bonds. The Bertz CT molecular complexity index is 271. The second kappa shape index (κ2) is 8.88. The zero-order chi connectivity index (χ0) is 14.1. The van der Waals surface area contributed by atoms with Gasteiger partial charge < -0.3 is 21.1 Å². The van der Waals surface area contributed by atoms with E-state index in [1.54, 1.807) is 0 Å². The van der Waals surface area contributed by atoms with Crippen molar-refractivity contribution in [3.8, 4) is 0 Å². The van der Waals surface area contributed by atoms with Gasteiger partial charge in [-0.2, -0.15) is 0 Å². The minimum Gasteiger partial charge on any atom is -0.481 e. The monoisotopic (exact) mass is 259 g/mol. The summed E-state index contributed by atoms with van der Waals surface area (Å²) in [5.41, 5.74) is 5.58. The molecule has 6 heteroatoms. The van der Waals surface area contributed by atoms with E-state index in [-0.39, 0.29) is 18.7 Å². The summed E-state index contributed by atoms with van der Waals surface area (Å²) in [7, 11) is 2.00.